The van der Waals surface area contributed by atoms with Gasteiger partial charge in [0.1, 0.15) is 18.1 Å². The summed E-state index contributed by atoms with van der Waals surface area (Å²) in [6.07, 6.45) is 2.50. The highest BCUT2D eigenvalue weighted by atomic mass is 127. The predicted molar refractivity (Wildman–Crippen MR) is 108 cm³/mol. The predicted octanol–water partition coefficient (Wildman–Crippen LogP) is 3.10. The zero-order chi connectivity index (χ0) is 19.6. The van der Waals surface area contributed by atoms with E-state index >= 15 is 0 Å². The molecule has 0 spiro atoms. The van der Waals surface area contributed by atoms with Crippen LogP contribution in [0.25, 0.3) is 10.9 Å². The number of carbonyl (C=O) groups excluding carboxylic acids is 1. The fraction of sp³-hybridized carbons (Fsp3) is 0.222. The number of benzene rings is 1. The summed E-state index contributed by atoms with van der Waals surface area (Å²) in [5.41, 5.74) is 3.96. The Morgan fingerprint density at radius 3 is 2.93 bits per heavy atom. The molecule has 0 aliphatic carbocycles. The number of halogens is 2. The normalized spacial score (nSPS) is 12.2. The summed E-state index contributed by atoms with van der Waals surface area (Å²) in [5, 5.41) is 12.9. The van der Waals surface area contributed by atoms with Gasteiger partial charge in [-0.3, -0.25) is 14.6 Å². The van der Waals surface area contributed by atoms with Crippen molar-refractivity contribution in [1.29, 1.82) is 0 Å². The van der Waals surface area contributed by atoms with Gasteiger partial charge in [-0.05, 0) is 53.8 Å². The van der Waals surface area contributed by atoms with Gasteiger partial charge < -0.3 is 15.0 Å². The lowest BCUT2D eigenvalue weighted by Gasteiger charge is -2.12. The smallest absolute Gasteiger partial charge is 0.293 e. The molecule has 9 heteroatoms. The number of aliphatic hydroxyl groups excluding tert-OH is 1. The largest absolute Gasteiger partial charge is 0.391 e. The zero-order valence-corrected chi connectivity index (χ0v) is 16.8. The third kappa shape index (κ3) is 4.20. The molecule has 1 amide bonds. The number of nitrogens with zero attached hydrogens (tertiary/aromatic N) is 2. The lowest BCUT2D eigenvalue weighted by molar-refractivity contribution is -0.00720. The van der Waals surface area contributed by atoms with E-state index in [9.17, 15) is 14.3 Å². The number of fused-ring (bicyclic) bond motifs is 1. The van der Waals surface area contributed by atoms with Crippen LogP contribution < -0.4 is 10.8 Å². The van der Waals surface area contributed by atoms with Crippen molar-refractivity contribution >= 4 is 50.8 Å². The number of hydrogen-bond acceptors (Lipinski definition) is 5. The number of carbonyl (C=O) groups is 1. The average molecular weight is 484 g/mol. The molecule has 142 valence electrons. The van der Waals surface area contributed by atoms with Crippen LogP contribution >= 0.6 is 22.6 Å². The van der Waals surface area contributed by atoms with E-state index in [1.54, 1.807) is 49.1 Å². The minimum Gasteiger partial charge on any atom is -0.391 e. The van der Waals surface area contributed by atoms with Crippen LogP contribution in [0.15, 0.2) is 36.7 Å². The maximum Gasteiger partial charge on any atom is 0.293 e. The molecule has 2 aromatic heterocycles. The Hall–Kier alpha value is -2.24. The van der Waals surface area contributed by atoms with Crippen LogP contribution in [-0.2, 0) is 11.9 Å². The van der Waals surface area contributed by atoms with E-state index in [0.717, 1.165) is 9.09 Å². The van der Waals surface area contributed by atoms with Crippen molar-refractivity contribution in [2.45, 2.75) is 13.0 Å². The number of anilines is 2. The highest BCUT2D eigenvalue weighted by Crippen LogP contribution is 2.33. The summed E-state index contributed by atoms with van der Waals surface area (Å²) in [6.45, 7) is 1.49. The van der Waals surface area contributed by atoms with E-state index in [1.807, 2.05) is 22.6 Å². The maximum absolute atomic E-state index is 14.3. The fourth-order valence-corrected chi connectivity index (χ4v) is 3.14. The van der Waals surface area contributed by atoms with Crippen LogP contribution in [0, 0.1) is 9.39 Å². The molecule has 0 fully saturated rings. The van der Waals surface area contributed by atoms with E-state index in [-0.39, 0.29) is 18.0 Å². The Bertz CT molecular complexity index is 990. The first kappa shape index (κ1) is 19.5. The van der Waals surface area contributed by atoms with Crippen molar-refractivity contribution in [3.8, 4) is 0 Å². The van der Waals surface area contributed by atoms with E-state index in [0.29, 0.717) is 11.1 Å². The lowest BCUT2D eigenvalue weighted by atomic mass is 10.2. The summed E-state index contributed by atoms with van der Waals surface area (Å²) < 4.78 is 16.8. The lowest BCUT2D eigenvalue weighted by Crippen LogP contribution is -2.29. The summed E-state index contributed by atoms with van der Waals surface area (Å²) in [6, 6.07) is 6.54. The van der Waals surface area contributed by atoms with Crippen molar-refractivity contribution in [2.24, 2.45) is 7.05 Å². The molecule has 0 radical (unpaired) electrons. The van der Waals surface area contributed by atoms with Crippen molar-refractivity contribution in [3.63, 3.8) is 0 Å². The number of aryl methyl sites for hydroxylation is 1. The third-order valence-corrected chi connectivity index (χ3v) is 4.57. The van der Waals surface area contributed by atoms with Crippen LogP contribution in [0.2, 0.25) is 0 Å². The van der Waals surface area contributed by atoms with Gasteiger partial charge in [0.15, 0.2) is 0 Å². The van der Waals surface area contributed by atoms with Crippen molar-refractivity contribution in [3.05, 3.63) is 51.7 Å². The number of nitrogens with one attached hydrogen (secondary N) is 2. The summed E-state index contributed by atoms with van der Waals surface area (Å²) in [7, 11) is 1.72. The topological polar surface area (TPSA) is 88.4 Å². The van der Waals surface area contributed by atoms with Gasteiger partial charge in [0, 0.05) is 28.4 Å². The minimum atomic E-state index is -0.722. The number of aromatic nitrogens is 2. The van der Waals surface area contributed by atoms with E-state index < -0.39 is 17.8 Å². The van der Waals surface area contributed by atoms with Crippen LogP contribution in [-0.4, -0.2) is 33.3 Å². The molecule has 0 aliphatic heterocycles. The molecule has 1 aromatic carbocycles. The third-order valence-electron chi connectivity index (χ3n) is 3.90. The van der Waals surface area contributed by atoms with Gasteiger partial charge in [0.05, 0.1) is 23.0 Å². The second kappa shape index (κ2) is 8.19. The van der Waals surface area contributed by atoms with Crippen molar-refractivity contribution in [1.82, 2.24) is 15.0 Å². The number of hydrogen-bond donors (Lipinski definition) is 3. The molecule has 2 heterocycles. The Labute approximate surface area is 168 Å². The number of amides is 1. The van der Waals surface area contributed by atoms with Crippen LogP contribution in [0.3, 0.4) is 0 Å². The molecule has 3 rings (SSSR count). The molecular weight excluding hydrogens is 466 g/mol. The minimum absolute atomic E-state index is 0.0499. The van der Waals surface area contributed by atoms with Crippen LogP contribution in [0.5, 0.6) is 0 Å². The second-order valence-electron chi connectivity index (χ2n) is 6.02. The average Bonchev–Trinajstić information content (AvgIpc) is 2.89. The Morgan fingerprint density at radius 2 is 2.22 bits per heavy atom. The molecule has 27 heavy (non-hydrogen) atoms. The first-order valence-electron chi connectivity index (χ1n) is 8.13. The Kier molecular flexibility index (Phi) is 5.92. The van der Waals surface area contributed by atoms with E-state index in [1.165, 1.54) is 6.07 Å². The molecule has 0 bridgehead atoms. The molecule has 1 atom stereocenters. The van der Waals surface area contributed by atoms with Gasteiger partial charge in [-0.25, -0.2) is 9.87 Å². The Balaban J connectivity index is 2.03. The summed E-state index contributed by atoms with van der Waals surface area (Å²) in [5.74, 6) is -0.956. The fourth-order valence-electron chi connectivity index (χ4n) is 2.68. The van der Waals surface area contributed by atoms with Gasteiger partial charge in [0.25, 0.3) is 5.91 Å². The standard InChI is InChI=1S/C18H18FIN4O3/c1-10(25)9-27-23-18(26)17-16(12-8-21-6-5-15(12)24(17)2)22-14-4-3-11(20)7-13(14)19/h3-8,10,22,25H,9H2,1-2H3,(H,23,26)/t10-/m0/s1. The zero-order valence-electron chi connectivity index (χ0n) is 14.7. The molecule has 0 aliphatic rings. The molecule has 3 N–H and O–H groups in total. The molecule has 0 unspecified atom stereocenters. The number of pyridine rings is 1. The monoisotopic (exact) mass is 484 g/mol. The highest BCUT2D eigenvalue weighted by molar-refractivity contribution is 14.1. The van der Waals surface area contributed by atoms with Crippen LogP contribution in [0.4, 0.5) is 15.8 Å². The second-order valence-corrected chi connectivity index (χ2v) is 7.26. The van der Waals surface area contributed by atoms with Gasteiger partial charge >= 0.3 is 0 Å². The molecule has 3 aromatic rings. The van der Waals surface area contributed by atoms with E-state index in [4.69, 9.17) is 4.84 Å². The molecule has 0 saturated carbocycles. The van der Waals surface area contributed by atoms with Gasteiger partial charge in [-0.1, -0.05) is 0 Å². The number of rotatable bonds is 6. The van der Waals surface area contributed by atoms with E-state index in [2.05, 4.69) is 15.8 Å². The van der Waals surface area contributed by atoms with Gasteiger partial charge in [-0.2, -0.15) is 0 Å². The summed E-state index contributed by atoms with van der Waals surface area (Å²) >= 11 is 2.03. The van der Waals surface area contributed by atoms with Gasteiger partial charge in [0.2, 0.25) is 0 Å². The molecule has 0 saturated heterocycles. The first-order valence-corrected chi connectivity index (χ1v) is 9.21. The van der Waals surface area contributed by atoms with Crippen LogP contribution in [0.1, 0.15) is 17.4 Å². The Morgan fingerprint density at radius 1 is 1.44 bits per heavy atom. The summed E-state index contributed by atoms with van der Waals surface area (Å²) in [4.78, 5) is 21.8. The number of hydroxylamine groups is 1. The number of aliphatic hydroxyl groups is 1. The highest BCUT2D eigenvalue weighted by Gasteiger charge is 2.22. The quantitative estimate of drug-likeness (QED) is 0.370. The van der Waals surface area contributed by atoms with Gasteiger partial charge in [-0.15, -0.1) is 0 Å². The maximum atomic E-state index is 14.3. The first-order chi connectivity index (χ1) is 12.9. The SMILES string of the molecule is C[C@H](O)CONC(=O)c1c(Nc2ccc(I)cc2F)c2cnccc2n1C. The van der Waals surface area contributed by atoms with Crippen molar-refractivity contribution < 1.29 is 19.1 Å². The van der Waals surface area contributed by atoms with Crippen molar-refractivity contribution in [2.75, 3.05) is 11.9 Å². The molecular formula is C18H18FIN4O3. The molecule has 7 nitrogen and oxygen atoms in total.